The fourth-order valence-corrected chi connectivity index (χ4v) is 2.57. The molecule has 1 aliphatic heterocycles. The Morgan fingerprint density at radius 2 is 2.11 bits per heavy atom. The topological polar surface area (TPSA) is 66.6 Å². The van der Waals surface area contributed by atoms with Crippen LogP contribution in [-0.2, 0) is 11.4 Å². The van der Waals surface area contributed by atoms with Crippen molar-refractivity contribution in [2.45, 2.75) is 25.9 Å². The number of primary amides is 1. The summed E-state index contributed by atoms with van der Waals surface area (Å²) in [5.41, 5.74) is 6.33. The summed E-state index contributed by atoms with van der Waals surface area (Å²) in [7, 11) is 0. The molecule has 0 bridgehead atoms. The first kappa shape index (κ1) is 13.8. The molecule has 3 N–H and O–H groups in total. The van der Waals surface area contributed by atoms with E-state index in [4.69, 9.17) is 10.8 Å². The molecule has 0 aromatic heterocycles. The van der Waals surface area contributed by atoms with Crippen molar-refractivity contribution < 1.29 is 14.3 Å². The van der Waals surface area contributed by atoms with Crippen LogP contribution in [0.1, 0.15) is 24.8 Å². The maximum absolute atomic E-state index is 13.9. The van der Waals surface area contributed by atoms with E-state index in [2.05, 4.69) is 0 Å². The molecule has 5 heteroatoms. The van der Waals surface area contributed by atoms with Crippen molar-refractivity contribution in [1.29, 1.82) is 0 Å². The monoisotopic (exact) mass is 266 g/mol. The van der Waals surface area contributed by atoms with Gasteiger partial charge in [-0.2, -0.15) is 0 Å². The third-order valence-corrected chi connectivity index (χ3v) is 3.64. The largest absolute Gasteiger partial charge is 0.392 e. The van der Waals surface area contributed by atoms with Crippen molar-refractivity contribution in [3.05, 3.63) is 29.6 Å². The fourth-order valence-electron chi connectivity index (χ4n) is 2.57. The van der Waals surface area contributed by atoms with Gasteiger partial charge in [-0.3, -0.25) is 4.79 Å². The number of hydrogen-bond donors (Lipinski definition) is 2. The van der Waals surface area contributed by atoms with E-state index in [0.29, 0.717) is 23.6 Å². The van der Waals surface area contributed by atoms with Crippen LogP contribution < -0.4 is 10.6 Å². The van der Waals surface area contributed by atoms with Gasteiger partial charge in [0.25, 0.3) is 0 Å². The molecule has 1 aromatic rings. The summed E-state index contributed by atoms with van der Waals surface area (Å²) in [5.74, 6) is -0.259. The van der Waals surface area contributed by atoms with Gasteiger partial charge >= 0.3 is 0 Å². The number of rotatable bonds is 4. The molecule has 19 heavy (non-hydrogen) atoms. The number of aliphatic hydroxyl groups excluding tert-OH is 1. The van der Waals surface area contributed by atoms with Gasteiger partial charge in [-0.05, 0) is 36.5 Å². The van der Waals surface area contributed by atoms with E-state index in [1.165, 1.54) is 6.07 Å². The van der Waals surface area contributed by atoms with Gasteiger partial charge in [-0.1, -0.05) is 6.07 Å². The Morgan fingerprint density at radius 3 is 2.63 bits per heavy atom. The third-order valence-electron chi connectivity index (χ3n) is 3.64. The van der Waals surface area contributed by atoms with E-state index in [1.807, 2.05) is 4.90 Å². The molecule has 0 radical (unpaired) electrons. The van der Waals surface area contributed by atoms with Crippen LogP contribution in [0.5, 0.6) is 0 Å². The summed E-state index contributed by atoms with van der Waals surface area (Å²) >= 11 is 0. The number of nitrogens with two attached hydrogens (primary N) is 1. The molecule has 2 rings (SSSR count). The number of aliphatic hydroxyl groups is 1. The minimum absolute atomic E-state index is 0.155. The fraction of sp³-hybridized carbons (Fsp3) is 0.500. The zero-order valence-electron chi connectivity index (χ0n) is 10.8. The highest BCUT2D eigenvalue weighted by Gasteiger charge is 2.22. The molecule has 0 atom stereocenters. The van der Waals surface area contributed by atoms with Crippen LogP contribution in [0.3, 0.4) is 0 Å². The minimum atomic E-state index is -0.306. The van der Waals surface area contributed by atoms with Gasteiger partial charge < -0.3 is 15.7 Å². The molecule has 104 valence electrons. The lowest BCUT2D eigenvalue weighted by Gasteiger charge is -2.33. The number of anilines is 1. The van der Waals surface area contributed by atoms with Crippen LogP contribution in [0.4, 0.5) is 10.1 Å². The molecule has 0 saturated carbocycles. The lowest BCUT2D eigenvalue weighted by Crippen LogP contribution is -2.35. The number of benzene rings is 1. The first-order valence-corrected chi connectivity index (χ1v) is 6.52. The van der Waals surface area contributed by atoms with Gasteiger partial charge in [-0.15, -0.1) is 0 Å². The van der Waals surface area contributed by atoms with Gasteiger partial charge in [-0.25, -0.2) is 4.39 Å². The number of carbonyl (C=O) groups is 1. The van der Waals surface area contributed by atoms with Crippen LogP contribution >= 0.6 is 0 Å². The molecule has 1 fully saturated rings. The Hall–Kier alpha value is -1.62. The summed E-state index contributed by atoms with van der Waals surface area (Å²) in [6.45, 7) is 1.30. The van der Waals surface area contributed by atoms with Crippen LogP contribution in [0, 0.1) is 11.7 Å². The number of nitrogens with zero attached hydrogens (tertiary/aromatic N) is 1. The molecular formula is C14H19FN2O2. The maximum Gasteiger partial charge on any atom is 0.217 e. The third kappa shape index (κ3) is 3.44. The lowest BCUT2D eigenvalue weighted by atomic mass is 9.93. The summed E-state index contributed by atoms with van der Waals surface area (Å²) in [6, 6.07) is 4.80. The Balaban J connectivity index is 1.99. The van der Waals surface area contributed by atoms with Crippen LogP contribution in [-0.4, -0.2) is 24.1 Å². The van der Waals surface area contributed by atoms with Crippen molar-refractivity contribution in [2.24, 2.45) is 11.7 Å². The lowest BCUT2D eigenvalue weighted by molar-refractivity contribution is -0.119. The molecule has 0 unspecified atom stereocenters. The zero-order valence-corrected chi connectivity index (χ0v) is 10.8. The van der Waals surface area contributed by atoms with E-state index < -0.39 is 0 Å². The molecule has 1 aliphatic rings. The predicted octanol–water partition coefficient (Wildman–Crippen LogP) is 1.41. The summed E-state index contributed by atoms with van der Waals surface area (Å²) in [5, 5.41) is 8.96. The zero-order chi connectivity index (χ0) is 13.8. The van der Waals surface area contributed by atoms with Crippen molar-refractivity contribution in [2.75, 3.05) is 18.0 Å². The highest BCUT2D eigenvalue weighted by Crippen LogP contribution is 2.27. The molecule has 1 saturated heterocycles. The smallest absolute Gasteiger partial charge is 0.217 e. The molecule has 0 aliphatic carbocycles. The highest BCUT2D eigenvalue weighted by atomic mass is 19.1. The van der Waals surface area contributed by atoms with Gasteiger partial charge in [0, 0.05) is 19.5 Å². The molecule has 4 nitrogen and oxygen atoms in total. The average Bonchev–Trinajstić information content (AvgIpc) is 2.39. The van der Waals surface area contributed by atoms with Crippen LogP contribution in [0.15, 0.2) is 18.2 Å². The first-order chi connectivity index (χ1) is 9.10. The number of halogens is 1. The molecule has 1 heterocycles. The predicted molar refractivity (Wildman–Crippen MR) is 71.1 cm³/mol. The van der Waals surface area contributed by atoms with E-state index in [-0.39, 0.29) is 18.3 Å². The van der Waals surface area contributed by atoms with E-state index in [0.717, 1.165) is 25.9 Å². The molecular weight excluding hydrogens is 247 g/mol. The second-order valence-corrected chi connectivity index (χ2v) is 5.04. The van der Waals surface area contributed by atoms with Crippen LogP contribution in [0.25, 0.3) is 0 Å². The van der Waals surface area contributed by atoms with Crippen molar-refractivity contribution >= 4 is 11.6 Å². The van der Waals surface area contributed by atoms with E-state index in [1.54, 1.807) is 12.1 Å². The van der Waals surface area contributed by atoms with Gasteiger partial charge in [0.05, 0.1) is 12.3 Å². The highest BCUT2D eigenvalue weighted by molar-refractivity contribution is 5.74. The van der Waals surface area contributed by atoms with Gasteiger partial charge in [0.2, 0.25) is 5.91 Å². The first-order valence-electron chi connectivity index (χ1n) is 6.52. The normalized spacial score (nSPS) is 16.6. The quantitative estimate of drug-likeness (QED) is 0.866. The Labute approximate surface area is 112 Å². The minimum Gasteiger partial charge on any atom is -0.392 e. The Morgan fingerprint density at radius 1 is 1.42 bits per heavy atom. The summed E-state index contributed by atoms with van der Waals surface area (Å²) in [6.07, 6.45) is 2.12. The van der Waals surface area contributed by atoms with Gasteiger partial charge in [0.15, 0.2) is 0 Å². The number of piperidine rings is 1. The second-order valence-electron chi connectivity index (χ2n) is 5.04. The number of carbonyl (C=O) groups excluding carboxylic acids is 1. The maximum atomic E-state index is 13.9. The molecule has 0 spiro atoms. The standard InChI is InChI=1S/C14H19FN2O2/c15-12-7-11(9-18)1-2-13(12)17-5-3-10(4-6-17)8-14(16)19/h1-2,7,10,18H,3-6,8-9H2,(H2,16,19). The van der Waals surface area contributed by atoms with Crippen LogP contribution in [0.2, 0.25) is 0 Å². The Kier molecular flexibility index (Phi) is 4.37. The van der Waals surface area contributed by atoms with E-state index in [9.17, 15) is 9.18 Å². The molecule has 1 aromatic carbocycles. The van der Waals surface area contributed by atoms with Gasteiger partial charge in [0.1, 0.15) is 5.82 Å². The Bertz CT molecular complexity index is 457. The second kappa shape index (κ2) is 6.02. The van der Waals surface area contributed by atoms with E-state index >= 15 is 0 Å². The van der Waals surface area contributed by atoms with Crippen molar-refractivity contribution in [1.82, 2.24) is 0 Å². The van der Waals surface area contributed by atoms with Crippen molar-refractivity contribution in [3.63, 3.8) is 0 Å². The average molecular weight is 266 g/mol. The SMILES string of the molecule is NC(=O)CC1CCN(c2ccc(CO)cc2F)CC1. The van der Waals surface area contributed by atoms with Crippen molar-refractivity contribution in [3.8, 4) is 0 Å². The summed E-state index contributed by atoms with van der Waals surface area (Å²) in [4.78, 5) is 12.8. The number of amides is 1. The number of hydrogen-bond acceptors (Lipinski definition) is 3. The molecule has 1 amide bonds. The summed E-state index contributed by atoms with van der Waals surface area (Å²) < 4.78 is 13.9.